The molecule has 3 heterocycles. The van der Waals surface area contributed by atoms with Crippen LogP contribution in [0.5, 0.6) is 11.5 Å². The average Bonchev–Trinajstić information content (AvgIpc) is 3.45. The molecule has 5 rings (SSSR count). The van der Waals surface area contributed by atoms with Gasteiger partial charge in [-0.2, -0.15) is 13.2 Å². The fraction of sp³-hybridized carbons (Fsp3) is 0.231. The van der Waals surface area contributed by atoms with Crippen LogP contribution in [-0.4, -0.2) is 57.6 Å². The van der Waals surface area contributed by atoms with E-state index >= 15 is 0 Å². The molecule has 1 fully saturated rings. The molecular formula is C26H24F3N7O3. The number of aromatic nitrogens is 3. The lowest BCUT2D eigenvalue weighted by Crippen LogP contribution is -2.37. The van der Waals surface area contributed by atoms with Gasteiger partial charge in [0.15, 0.2) is 0 Å². The number of hydrogen-bond donors (Lipinski definition) is 3. The van der Waals surface area contributed by atoms with Crippen LogP contribution in [0.4, 0.5) is 29.6 Å². The summed E-state index contributed by atoms with van der Waals surface area (Å²) >= 11 is 0. The molecule has 0 atom stereocenters. The molecule has 0 saturated carbocycles. The molecule has 1 saturated heterocycles. The van der Waals surface area contributed by atoms with Gasteiger partial charge in [-0.05, 0) is 36.4 Å². The van der Waals surface area contributed by atoms with Gasteiger partial charge in [-0.1, -0.05) is 6.07 Å². The predicted octanol–water partition coefficient (Wildman–Crippen LogP) is 4.28. The number of fused-ring (bicyclic) bond motifs is 1. The van der Waals surface area contributed by atoms with Gasteiger partial charge in [-0.3, -0.25) is 9.78 Å². The zero-order valence-electron chi connectivity index (χ0n) is 20.7. The first-order valence-electron chi connectivity index (χ1n) is 12.0. The third-order valence-electron chi connectivity index (χ3n) is 6.11. The van der Waals surface area contributed by atoms with Gasteiger partial charge >= 0.3 is 12.2 Å². The van der Waals surface area contributed by atoms with Gasteiger partial charge in [0.05, 0.1) is 16.6 Å². The third kappa shape index (κ3) is 5.87. The molecule has 0 unspecified atom stereocenters. The number of imidazole rings is 1. The molecule has 1 aliphatic heterocycles. The van der Waals surface area contributed by atoms with Crippen molar-refractivity contribution in [2.45, 2.75) is 6.18 Å². The molecule has 2 aromatic heterocycles. The van der Waals surface area contributed by atoms with E-state index in [1.807, 2.05) is 0 Å². The molecule has 2 aromatic carbocycles. The molecule has 4 aromatic rings. The Morgan fingerprint density at radius 2 is 1.95 bits per heavy atom. The molecule has 202 valence electrons. The molecule has 10 nitrogen and oxygen atoms in total. The second kappa shape index (κ2) is 10.5. The van der Waals surface area contributed by atoms with Crippen molar-refractivity contribution in [3.63, 3.8) is 0 Å². The fourth-order valence-corrected chi connectivity index (χ4v) is 4.11. The van der Waals surface area contributed by atoms with E-state index in [2.05, 4.69) is 25.9 Å². The first kappa shape index (κ1) is 25.8. The smallest absolute Gasteiger partial charge is 0.416 e. The molecule has 0 aliphatic carbocycles. The number of alkyl halides is 3. The van der Waals surface area contributed by atoms with Crippen molar-refractivity contribution in [2.75, 3.05) is 31.5 Å². The fourth-order valence-electron chi connectivity index (χ4n) is 4.11. The number of carbonyl (C=O) groups excluding carboxylic acids is 2. The van der Waals surface area contributed by atoms with Crippen molar-refractivity contribution < 1.29 is 27.5 Å². The van der Waals surface area contributed by atoms with Crippen molar-refractivity contribution in [2.24, 2.45) is 7.05 Å². The van der Waals surface area contributed by atoms with Crippen LogP contribution in [0.1, 0.15) is 16.1 Å². The summed E-state index contributed by atoms with van der Waals surface area (Å²) in [4.78, 5) is 34.3. The van der Waals surface area contributed by atoms with E-state index in [1.165, 1.54) is 24.4 Å². The average molecular weight is 540 g/mol. The zero-order valence-corrected chi connectivity index (χ0v) is 20.7. The van der Waals surface area contributed by atoms with Gasteiger partial charge in [0.2, 0.25) is 5.95 Å². The standard InChI is InChI=1S/C26H24F3N7O3/c1-35-22-6-5-18(14-20(22)34-24(35)33-17-4-2-3-16(13-17)26(27,28)29)39-19-7-8-30-21(15-19)23(37)31-9-11-36-12-10-32-25(36)38/h2-8,13-15H,9-12H2,1H3,(H,31,37)(H,32,38)(H,33,34). The third-order valence-corrected chi connectivity index (χ3v) is 6.11. The van der Waals surface area contributed by atoms with Gasteiger partial charge in [0.1, 0.15) is 17.2 Å². The molecule has 1 aliphatic rings. The van der Waals surface area contributed by atoms with Gasteiger partial charge in [-0.25, -0.2) is 9.78 Å². The molecule has 0 spiro atoms. The summed E-state index contributed by atoms with van der Waals surface area (Å²) in [5.41, 5.74) is 0.947. The maximum Gasteiger partial charge on any atom is 0.416 e. The summed E-state index contributed by atoms with van der Waals surface area (Å²) in [6, 6.07) is 13.0. The highest BCUT2D eigenvalue weighted by Gasteiger charge is 2.30. The van der Waals surface area contributed by atoms with E-state index in [-0.39, 0.29) is 24.0 Å². The van der Waals surface area contributed by atoms with Gasteiger partial charge in [-0.15, -0.1) is 0 Å². The second-order valence-electron chi connectivity index (χ2n) is 8.80. The minimum Gasteiger partial charge on any atom is -0.457 e. The van der Waals surface area contributed by atoms with E-state index in [9.17, 15) is 22.8 Å². The highest BCUT2D eigenvalue weighted by atomic mass is 19.4. The number of benzene rings is 2. The Labute approximate surface area is 220 Å². The first-order valence-corrected chi connectivity index (χ1v) is 12.0. The Hall–Kier alpha value is -4.81. The topological polar surface area (TPSA) is 113 Å². The largest absolute Gasteiger partial charge is 0.457 e. The summed E-state index contributed by atoms with van der Waals surface area (Å²) in [6.45, 7) is 1.86. The molecular weight excluding hydrogens is 515 g/mol. The van der Waals surface area contributed by atoms with Crippen molar-refractivity contribution in [1.82, 2.24) is 30.1 Å². The Morgan fingerprint density at radius 3 is 2.72 bits per heavy atom. The SMILES string of the molecule is Cn1c(Nc2cccc(C(F)(F)F)c2)nc2cc(Oc3ccnc(C(=O)NCCN4CCNC4=O)c3)ccc21. The summed E-state index contributed by atoms with van der Waals surface area (Å²) < 4.78 is 46.8. The van der Waals surface area contributed by atoms with E-state index < -0.39 is 17.6 Å². The van der Waals surface area contributed by atoms with Gasteiger partial charge in [0.25, 0.3) is 5.91 Å². The molecule has 0 radical (unpaired) electrons. The predicted molar refractivity (Wildman–Crippen MR) is 137 cm³/mol. The number of ether oxygens (including phenoxy) is 1. The lowest BCUT2D eigenvalue weighted by Gasteiger charge is -2.14. The number of carbonyl (C=O) groups is 2. The Kier molecular flexibility index (Phi) is 6.96. The normalized spacial score (nSPS) is 13.4. The highest BCUT2D eigenvalue weighted by molar-refractivity contribution is 5.92. The van der Waals surface area contributed by atoms with Crippen molar-refractivity contribution >= 4 is 34.6 Å². The minimum absolute atomic E-state index is 0.152. The monoisotopic (exact) mass is 539 g/mol. The van der Waals surface area contributed by atoms with Gasteiger partial charge < -0.3 is 30.2 Å². The van der Waals surface area contributed by atoms with Crippen molar-refractivity contribution in [1.29, 1.82) is 0 Å². The quantitative estimate of drug-likeness (QED) is 0.308. The molecule has 0 bridgehead atoms. The number of hydrogen-bond acceptors (Lipinski definition) is 6. The number of anilines is 2. The van der Waals surface area contributed by atoms with Crippen molar-refractivity contribution in [3.05, 3.63) is 72.1 Å². The zero-order chi connectivity index (χ0) is 27.6. The number of aryl methyl sites for hydroxylation is 1. The molecule has 13 heteroatoms. The molecule has 3 amide bonds. The lowest BCUT2D eigenvalue weighted by molar-refractivity contribution is -0.137. The number of nitrogens with one attached hydrogen (secondary N) is 3. The van der Waals surface area contributed by atoms with E-state index in [0.29, 0.717) is 42.6 Å². The van der Waals surface area contributed by atoms with Crippen LogP contribution >= 0.6 is 0 Å². The number of pyridine rings is 1. The maximum atomic E-state index is 13.1. The highest BCUT2D eigenvalue weighted by Crippen LogP contribution is 2.32. The number of rotatable bonds is 8. The van der Waals surface area contributed by atoms with Crippen molar-refractivity contribution in [3.8, 4) is 11.5 Å². The number of urea groups is 1. The lowest BCUT2D eigenvalue weighted by atomic mass is 10.2. The second-order valence-corrected chi connectivity index (χ2v) is 8.80. The number of halogens is 3. The Bertz CT molecular complexity index is 1540. The van der Waals surface area contributed by atoms with Crippen LogP contribution in [0.25, 0.3) is 11.0 Å². The first-order chi connectivity index (χ1) is 18.7. The van der Waals surface area contributed by atoms with Crippen LogP contribution in [0, 0.1) is 0 Å². The number of amides is 3. The summed E-state index contributed by atoms with van der Waals surface area (Å²) in [6.07, 6.45) is -3.00. The van der Waals surface area contributed by atoms with Crippen LogP contribution in [-0.2, 0) is 13.2 Å². The van der Waals surface area contributed by atoms with Crippen LogP contribution in [0.2, 0.25) is 0 Å². The van der Waals surface area contributed by atoms with Crippen LogP contribution in [0.3, 0.4) is 0 Å². The Balaban J connectivity index is 1.26. The summed E-state index contributed by atoms with van der Waals surface area (Å²) in [5, 5.41) is 8.38. The van der Waals surface area contributed by atoms with Crippen LogP contribution in [0.15, 0.2) is 60.8 Å². The molecule has 39 heavy (non-hydrogen) atoms. The number of nitrogens with zero attached hydrogens (tertiary/aromatic N) is 4. The van der Waals surface area contributed by atoms with Gasteiger partial charge in [0, 0.05) is 57.2 Å². The minimum atomic E-state index is -4.45. The Morgan fingerprint density at radius 1 is 1.13 bits per heavy atom. The van der Waals surface area contributed by atoms with E-state index in [1.54, 1.807) is 40.8 Å². The molecule has 3 N–H and O–H groups in total. The summed E-state index contributed by atoms with van der Waals surface area (Å²) in [5.74, 6) is 0.789. The van der Waals surface area contributed by atoms with E-state index in [0.717, 1.165) is 17.6 Å². The summed E-state index contributed by atoms with van der Waals surface area (Å²) in [7, 11) is 1.75. The maximum absolute atomic E-state index is 13.1. The van der Waals surface area contributed by atoms with Crippen LogP contribution < -0.4 is 20.7 Å². The van der Waals surface area contributed by atoms with E-state index in [4.69, 9.17) is 4.74 Å².